The molecule has 112 valence electrons. The Labute approximate surface area is 118 Å². The molecule has 2 rings (SSSR count). The van der Waals surface area contributed by atoms with Crippen LogP contribution in [0.25, 0.3) is 0 Å². The average Bonchev–Trinajstić information content (AvgIpc) is 2.50. The Morgan fingerprint density at radius 2 is 1.90 bits per heavy atom. The van der Waals surface area contributed by atoms with Gasteiger partial charge >= 0.3 is 12.0 Å². The lowest BCUT2D eigenvalue weighted by Gasteiger charge is -2.43. The molecule has 0 bridgehead atoms. The predicted octanol–water partition coefficient (Wildman–Crippen LogP) is -0.0770. The summed E-state index contributed by atoms with van der Waals surface area (Å²) in [7, 11) is 1.74. The van der Waals surface area contributed by atoms with Crippen molar-refractivity contribution in [3.8, 4) is 0 Å². The van der Waals surface area contributed by atoms with Gasteiger partial charge in [0.2, 0.25) is 5.91 Å². The van der Waals surface area contributed by atoms with Crippen LogP contribution in [-0.4, -0.2) is 77.5 Å². The largest absolute Gasteiger partial charge is 0.481 e. The zero-order chi connectivity index (χ0) is 14.9. The fourth-order valence-corrected chi connectivity index (χ4v) is 2.54. The Hall–Kier alpha value is -1.79. The number of rotatable bonds is 2. The first-order valence-electron chi connectivity index (χ1n) is 6.90. The quantitative estimate of drug-likeness (QED) is 0.769. The topological polar surface area (TPSA) is 81.2 Å². The van der Waals surface area contributed by atoms with Gasteiger partial charge in [-0.15, -0.1) is 0 Å². The average molecular weight is 283 g/mol. The molecule has 2 aliphatic rings. The van der Waals surface area contributed by atoms with Crippen molar-refractivity contribution in [2.45, 2.75) is 13.3 Å². The normalized spacial score (nSPS) is 22.3. The van der Waals surface area contributed by atoms with Crippen molar-refractivity contribution >= 4 is 17.9 Å². The molecule has 0 spiro atoms. The van der Waals surface area contributed by atoms with Crippen LogP contribution >= 0.6 is 0 Å². The van der Waals surface area contributed by atoms with Crippen molar-refractivity contribution < 1.29 is 19.5 Å². The number of urea groups is 1. The number of likely N-dealkylation sites (N-methyl/N-ethyl adjacent to an activating group) is 1. The highest BCUT2D eigenvalue weighted by atomic mass is 16.4. The van der Waals surface area contributed by atoms with Gasteiger partial charge < -0.3 is 19.8 Å². The molecule has 0 saturated carbocycles. The van der Waals surface area contributed by atoms with Gasteiger partial charge in [-0.1, -0.05) is 6.92 Å². The van der Waals surface area contributed by atoms with E-state index in [4.69, 9.17) is 5.11 Å². The molecular formula is C13H21N3O4. The van der Waals surface area contributed by atoms with Crippen LogP contribution in [0.2, 0.25) is 0 Å². The summed E-state index contributed by atoms with van der Waals surface area (Å²) in [6.45, 7) is 3.95. The summed E-state index contributed by atoms with van der Waals surface area (Å²) in [5.41, 5.74) is 0. The molecule has 1 atom stereocenters. The maximum atomic E-state index is 12.3. The molecule has 2 heterocycles. The van der Waals surface area contributed by atoms with Gasteiger partial charge in [-0.2, -0.15) is 0 Å². The third-order valence-electron chi connectivity index (χ3n) is 4.22. The lowest BCUT2D eigenvalue weighted by molar-refractivity contribution is -0.144. The second kappa shape index (κ2) is 5.68. The minimum absolute atomic E-state index is 0.0156. The van der Waals surface area contributed by atoms with Gasteiger partial charge in [0.05, 0.1) is 5.92 Å². The summed E-state index contributed by atoms with van der Waals surface area (Å²) in [5.74, 6) is -1.29. The first-order valence-corrected chi connectivity index (χ1v) is 6.90. The van der Waals surface area contributed by atoms with Gasteiger partial charge in [-0.25, -0.2) is 4.79 Å². The van der Waals surface area contributed by atoms with E-state index in [0.29, 0.717) is 26.2 Å². The minimum Gasteiger partial charge on any atom is -0.481 e. The van der Waals surface area contributed by atoms with E-state index in [2.05, 4.69) is 0 Å². The molecule has 1 unspecified atom stereocenters. The van der Waals surface area contributed by atoms with Crippen molar-refractivity contribution in [2.75, 3.05) is 39.8 Å². The van der Waals surface area contributed by atoms with Crippen LogP contribution < -0.4 is 0 Å². The van der Waals surface area contributed by atoms with Crippen LogP contribution in [-0.2, 0) is 9.59 Å². The molecule has 2 saturated heterocycles. The Balaban J connectivity index is 1.87. The van der Waals surface area contributed by atoms with Crippen molar-refractivity contribution in [2.24, 2.45) is 11.8 Å². The van der Waals surface area contributed by atoms with Crippen LogP contribution in [0.15, 0.2) is 0 Å². The molecule has 0 aromatic heterocycles. The smallest absolute Gasteiger partial charge is 0.320 e. The van der Waals surface area contributed by atoms with E-state index in [1.807, 2.05) is 0 Å². The molecule has 7 nitrogen and oxygen atoms in total. The molecule has 0 aromatic carbocycles. The fourth-order valence-electron chi connectivity index (χ4n) is 2.54. The van der Waals surface area contributed by atoms with E-state index in [1.54, 1.807) is 28.7 Å². The van der Waals surface area contributed by atoms with Crippen molar-refractivity contribution in [3.63, 3.8) is 0 Å². The van der Waals surface area contributed by atoms with E-state index in [9.17, 15) is 14.4 Å². The zero-order valence-electron chi connectivity index (χ0n) is 11.9. The highest BCUT2D eigenvalue weighted by Crippen LogP contribution is 2.25. The first kappa shape index (κ1) is 14.6. The lowest BCUT2D eigenvalue weighted by Crippen LogP contribution is -2.58. The monoisotopic (exact) mass is 283 g/mol. The highest BCUT2D eigenvalue weighted by molar-refractivity contribution is 5.84. The van der Waals surface area contributed by atoms with Gasteiger partial charge in [-0.3, -0.25) is 9.59 Å². The number of likely N-dealkylation sites (tertiary alicyclic amines) is 1. The number of carboxylic acid groups (broad SMARTS) is 1. The second-order valence-electron chi connectivity index (χ2n) is 5.66. The number of amides is 3. The maximum absolute atomic E-state index is 12.3. The highest BCUT2D eigenvalue weighted by Gasteiger charge is 2.39. The number of carbonyl (C=O) groups is 3. The summed E-state index contributed by atoms with van der Waals surface area (Å²) >= 11 is 0. The van der Waals surface area contributed by atoms with Crippen molar-refractivity contribution in [1.82, 2.24) is 14.7 Å². The second-order valence-corrected chi connectivity index (χ2v) is 5.66. The molecule has 0 aliphatic carbocycles. The summed E-state index contributed by atoms with van der Waals surface area (Å²) in [6.07, 6.45) is 0.775. The van der Waals surface area contributed by atoms with Gasteiger partial charge in [0.15, 0.2) is 0 Å². The molecule has 3 amide bonds. The number of aliphatic carboxylic acids is 1. The van der Waals surface area contributed by atoms with Crippen LogP contribution in [0.4, 0.5) is 4.79 Å². The molecule has 0 radical (unpaired) electrons. The summed E-state index contributed by atoms with van der Waals surface area (Å²) < 4.78 is 0. The van der Waals surface area contributed by atoms with E-state index in [0.717, 1.165) is 6.42 Å². The lowest BCUT2D eigenvalue weighted by atomic mass is 9.87. The number of hydrogen-bond acceptors (Lipinski definition) is 3. The molecule has 7 heteroatoms. The van der Waals surface area contributed by atoms with Crippen LogP contribution in [0.1, 0.15) is 13.3 Å². The third kappa shape index (κ3) is 2.86. The first-order chi connectivity index (χ1) is 9.40. The van der Waals surface area contributed by atoms with Crippen LogP contribution in [0.5, 0.6) is 0 Å². The van der Waals surface area contributed by atoms with E-state index in [-0.39, 0.29) is 24.4 Å². The number of nitrogens with zero attached hydrogens (tertiary/aromatic N) is 3. The van der Waals surface area contributed by atoms with Crippen LogP contribution in [0.3, 0.4) is 0 Å². The SMILES string of the molecule is CC(C(=O)O)C1CN(C(=O)N2CCCN(C)C(=O)C2)C1. The Kier molecular flexibility index (Phi) is 4.15. The van der Waals surface area contributed by atoms with E-state index in [1.165, 1.54) is 0 Å². The maximum Gasteiger partial charge on any atom is 0.320 e. The Morgan fingerprint density at radius 1 is 1.25 bits per heavy atom. The fraction of sp³-hybridized carbons (Fsp3) is 0.769. The van der Waals surface area contributed by atoms with Crippen LogP contribution in [0, 0.1) is 11.8 Å². The summed E-state index contributed by atoms with van der Waals surface area (Å²) in [6, 6.07) is -0.150. The van der Waals surface area contributed by atoms with Gasteiger partial charge in [0.1, 0.15) is 6.54 Å². The molecule has 1 N–H and O–H groups in total. The van der Waals surface area contributed by atoms with Crippen molar-refractivity contribution in [1.29, 1.82) is 0 Å². The third-order valence-corrected chi connectivity index (χ3v) is 4.22. The standard InChI is InChI=1S/C13H21N3O4/c1-9(12(18)19)10-6-16(7-10)13(20)15-5-3-4-14(2)11(17)8-15/h9-10H,3-8H2,1-2H3,(H,18,19). The molecular weight excluding hydrogens is 262 g/mol. The summed E-state index contributed by atoms with van der Waals surface area (Å²) in [5, 5.41) is 8.93. The molecule has 20 heavy (non-hydrogen) atoms. The Bertz CT molecular complexity index is 420. The summed E-state index contributed by atoms with van der Waals surface area (Å²) in [4.78, 5) is 39.7. The minimum atomic E-state index is -0.825. The number of carbonyl (C=O) groups excluding carboxylic acids is 2. The van der Waals surface area contributed by atoms with Gasteiger partial charge in [-0.05, 0) is 6.42 Å². The van der Waals surface area contributed by atoms with Gasteiger partial charge in [0, 0.05) is 39.1 Å². The van der Waals surface area contributed by atoms with E-state index >= 15 is 0 Å². The van der Waals surface area contributed by atoms with Crippen molar-refractivity contribution in [3.05, 3.63) is 0 Å². The van der Waals surface area contributed by atoms with E-state index < -0.39 is 11.9 Å². The molecule has 2 aliphatic heterocycles. The van der Waals surface area contributed by atoms with Gasteiger partial charge in [0.25, 0.3) is 0 Å². The molecule has 0 aromatic rings. The predicted molar refractivity (Wildman–Crippen MR) is 71.1 cm³/mol. The Morgan fingerprint density at radius 3 is 2.50 bits per heavy atom. The number of carboxylic acids is 1. The number of hydrogen-bond donors (Lipinski definition) is 1. The zero-order valence-corrected chi connectivity index (χ0v) is 11.9. The molecule has 2 fully saturated rings.